The van der Waals surface area contributed by atoms with Gasteiger partial charge < -0.3 is 24.8 Å². The van der Waals surface area contributed by atoms with Crippen LogP contribution in [0.1, 0.15) is 18.7 Å². The number of nitrogens with zero attached hydrogens (tertiary/aromatic N) is 3. The molecule has 8 nitrogen and oxygen atoms in total. The minimum Gasteiger partial charge on any atom is -0.497 e. The molecule has 2 heterocycles. The Morgan fingerprint density at radius 2 is 2.13 bits per heavy atom. The molecular formula is C21H21N5O3S. The predicted octanol–water partition coefficient (Wildman–Crippen LogP) is 3.36. The van der Waals surface area contributed by atoms with E-state index in [1.165, 1.54) is 0 Å². The number of hydrogen-bond acceptors (Lipinski definition) is 6. The molecule has 9 heteroatoms. The highest BCUT2D eigenvalue weighted by molar-refractivity contribution is 7.80. The van der Waals surface area contributed by atoms with E-state index in [-0.39, 0.29) is 12.5 Å². The van der Waals surface area contributed by atoms with E-state index >= 15 is 0 Å². The number of thiocarbonyl (C=S) groups is 1. The van der Waals surface area contributed by atoms with Crippen LogP contribution in [0.5, 0.6) is 5.75 Å². The van der Waals surface area contributed by atoms with E-state index in [0.717, 1.165) is 35.7 Å². The maximum Gasteiger partial charge on any atom is 0.246 e. The van der Waals surface area contributed by atoms with Crippen molar-refractivity contribution in [2.75, 3.05) is 23.9 Å². The van der Waals surface area contributed by atoms with E-state index in [2.05, 4.69) is 20.8 Å². The smallest absolute Gasteiger partial charge is 0.246 e. The molecule has 1 saturated heterocycles. The zero-order valence-corrected chi connectivity index (χ0v) is 17.2. The number of carbonyl (C=O) groups is 1. The maximum atomic E-state index is 11.9. The number of amides is 1. The topological polar surface area (TPSA) is 92.5 Å². The summed E-state index contributed by atoms with van der Waals surface area (Å²) in [6, 6.07) is 15.1. The minimum absolute atomic E-state index is 0.149. The summed E-state index contributed by atoms with van der Waals surface area (Å²) in [5.74, 6) is 1.76. The zero-order chi connectivity index (χ0) is 20.9. The summed E-state index contributed by atoms with van der Waals surface area (Å²) >= 11 is 5.36. The molecule has 1 aliphatic rings. The molecule has 30 heavy (non-hydrogen) atoms. The van der Waals surface area contributed by atoms with Crippen LogP contribution < -0.4 is 20.3 Å². The second-order valence-corrected chi connectivity index (χ2v) is 7.16. The number of carbonyl (C=O) groups excluding carboxylic acids is 1. The molecule has 2 N–H and O–H groups in total. The lowest BCUT2D eigenvalue weighted by Gasteiger charge is -2.17. The monoisotopic (exact) mass is 423 g/mol. The van der Waals surface area contributed by atoms with Crippen LogP contribution in [-0.4, -0.2) is 34.8 Å². The Balaban J connectivity index is 1.34. The van der Waals surface area contributed by atoms with Gasteiger partial charge in [-0.05, 0) is 49.0 Å². The highest BCUT2D eigenvalue weighted by Crippen LogP contribution is 2.24. The van der Waals surface area contributed by atoms with Crippen LogP contribution in [0, 0.1) is 0 Å². The summed E-state index contributed by atoms with van der Waals surface area (Å²) in [6.45, 7) is 1.03. The Labute approximate surface area is 179 Å². The summed E-state index contributed by atoms with van der Waals surface area (Å²) in [6.07, 6.45) is 1.48. The van der Waals surface area contributed by atoms with Gasteiger partial charge in [-0.25, -0.2) is 0 Å². The van der Waals surface area contributed by atoms with Gasteiger partial charge in [-0.3, -0.25) is 4.79 Å². The molecule has 3 aromatic rings. The molecule has 0 bridgehead atoms. The fourth-order valence-corrected chi connectivity index (χ4v) is 3.40. The molecule has 0 atom stereocenters. The Morgan fingerprint density at radius 3 is 2.93 bits per heavy atom. The van der Waals surface area contributed by atoms with Gasteiger partial charge in [-0.15, -0.1) is 0 Å². The van der Waals surface area contributed by atoms with Crippen LogP contribution in [0.4, 0.5) is 11.4 Å². The number of anilines is 2. The molecule has 1 aromatic heterocycles. The van der Waals surface area contributed by atoms with Crippen molar-refractivity contribution in [3.63, 3.8) is 0 Å². The van der Waals surface area contributed by atoms with Crippen molar-refractivity contribution in [3.8, 4) is 17.1 Å². The van der Waals surface area contributed by atoms with Crippen molar-refractivity contribution in [2.45, 2.75) is 19.4 Å². The Bertz CT molecular complexity index is 1070. The third-order valence-electron chi connectivity index (χ3n) is 4.69. The highest BCUT2D eigenvalue weighted by Gasteiger charge is 2.21. The van der Waals surface area contributed by atoms with Gasteiger partial charge in [0, 0.05) is 29.9 Å². The predicted molar refractivity (Wildman–Crippen MR) is 117 cm³/mol. The van der Waals surface area contributed by atoms with Crippen LogP contribution >= 0.6 is 12.2 Å². The van der Waals surface area contributed by atoms with Crippen LogP contribution in [-0.2, 0) is 11.3 Å². The lowest BCUT2D eigenvalue weighted by molar-refractivity contribution is -0.117. The van der Waals surface area contributed by atoms with E-state index in [4.69, 9.17) is 21.5 Å². The van der Waals surface area contributed by atoms with Crippen LogP contribution in [0.3, 0.4) is 0 Å². The van der Waals surface area contributed by atoms with E-state index in [1.807, 2.05) is 48.5 Å². The van der Waals surface area contributed by atoms with Crippen LogP contribution in [0.2, 0.25) is 0 Å². The summed E-state index contributed by atoms with van der Waals surface area (Å²) < 4.78 is 10.5. The highest BCUT2D eigenvalue weighted by atomic mass is 32.1. The molecule has 0 radical (unpaired) electrons. The summed E-state index contributed by atoms with van der Waals surface area (Å²) in [4.78, 5) is 18.1. The van der Waals surface area contributed by atoms with Crippen molar-refractivity contribution in [1.82, 2.24) is 15.5 Å². The minimum atomic E-state index is 0.149. The first-order chi connectivity index (χ1) is 14.6. The van der Waals surface area contributed by atoms with Gasteiger partial charge in [-0.2, -0.15) is 4.98 Å². The van der Waals surface area contributed by atoms with Gasteiger partial charge in [0.2, 0.25) is 17.6 Å². The fourth-order valence-electron chi connectivity index (χ4n) is 3.21. The van der Waals surface area contributed by atoms with E-state index in [1.54, 1.807) is 12.0 Å². The largest absolute Gasteiger partial charge is 0.497 e. The van der Waals surface area contributed by atoms with Crippen molar-refractivity contribution in [1.29, 1.82) is 0 Å². The summed E-state index contributed by atoms with van der Waals surface area (Å²) in [5, 5.41) is 10.6. The molecule has 0 spiro atoms. The second-order valence-electron chi connectivity index (χ2n) is 6.75. The molecule has 0 aliphatic carbocycles. The molecule has 0 saturated carbocycles. The maximum absolute atomic E-state index is 11.9. The number of hydrogen-bond donors (Lipinski definition) is 2. The first-order valence-electron chi connectivity index (χ1n) is 9.54. The van der Waals surface area contributed by atoms with Crippen LogP contribution in [0.15, 0.2) is 53.1 Å². The quantitative estimate of drug-likeness (QED) is 0.583. The van der Waals surface area contributed by atoms with E-state index in [9.17, 15) is 4.79 Å². The molecule has 1 aliphatic heterocycles. The second kappa shape index (κ2) is 8.91. The molecule has 1 fully saturated rings. The zero-order valence-electron chi connectivity index (χ0n) is 16.4. The standard InChI is InChI=1S/C21H21N5O3S/c1-28-17-8-2-5-14(11-17)20-24-18(29-25-20)13-22-21(30)23-15-6-3-7-16(12-15)26-10-4-9-19(26)27/h2-3,5-8,11-12H,4,9-10,13H2,1H3,(H2,22,23,30). The lowest BCUT2D eigenvalue weighted by atomic mass is 10.2. The molecule has 4 rings (SSSR count). The molecular weight excluding hydrogens is 402 g/mol. The third-order valence-corrected chi connectivity index (χ3v) is 4.93. The average molecular weight is 423 g/mol. The SMILES string of the molecule is COc1cccc(-c2noc(CNC(=S)Nc3cccc(N4CCCC4=O)c3)n2)c1. The first-order valence-corrected chi connectivity index (χ1v) is 9.95. The van der Waals surface area contributed by atoms with Gasteiger partial charge in [0.15, 0.2) is 5.11 Å². The lowest BCUT2D eigenvalue weighted by Crippen LogP contribution is -2.28. The fraction of sp³-hybridized carbons (Fsp3) is 0.238. The number of ether oxygens (including phenoxy) is 1. The molecule has 2 aromatic carbocycles. The Kier molecular flexibility index (Phi) is 5.89. The van der Waals surface area contributed by atoms with Crippen molar-refractivity contribution in [3.05, 3.63) is 54.4 Å². The van der Waals surface area contributed by atoms with E-state index < -0.39 is 0 Å². The number of benzene rings is 2. The number of rotatable bonds is 6. The van der Waals surface area contributed by atoms with Crippen molar-refractivity contribution >= 4 is 34.6 Å². The summed E-state index contributed by atoms with van der Waals surface area (Å²) in [5.41, 5.74) is 2.47. The number of aromatic nitrogens is 2. The van der Waals surface area contributed by atoms with E-state index in [0.29, 0.717) is 23.2 Å². The van der Waals surface area contributed by atoms with Gasteiger partial charge in [0.1, 0.15) is 5.75 Å². The number of methoxy groups -OCH3 is 1. The van der Waals surface area contributed by atoms with Crippen LogP contribution in [0.25, 0.3) is 11.4 Å². The molecule has 1 amide bonds. The van der Waals surface area contributed by atoms with Gasteiger partial charge in [0.25, 0.3) is 0 Å². The van der Waals surface area contributed by atoms with Gasteiger partial charge in [-0.1, -0.05) is 23.4 Å². The summed E-state index contributed by atoms with van der Waals surface area (Å²) in [7, 11) is 1.61. The molecule has 154 valence electrons. The van der Waals surface area contributed by atoms with Crippen molar-refractivity contribution < 1.29 is 14.1 Å². The first kappa shape index (κ1) is 19.8. The molecule has 0 unspecified atom stereocenters. The van der Waals surface area contributed by atoms with Gasteiger partial charge >= 0.3 is 0 Å². The average Bonchev–Trinajstić information content (AvgIpc) is 3.41. The van der Waals surface area contributed by atoms with Crippen molar-refractivity contribution in [2.24, 2.45) is 0 Å². The third kappa shape index (κ3) is 4.57. The Morgan fingerprint density at radius 1 is 1.27 bits per heavy atom. The van der Waals surface area contributed by atoms with Gasteiger partial charge in [0.05, 0.1) is 13.7 Å². The number of nitrogens with one attached hydrogen (secondary N) is 2. The Hall–Kier alpha value is -3.46. The normalized spacial score (nSPS) is 13.4.